The van der Waals surface area contributed by atoms with Crippen molar-refractivity contribution in [1.82, 2.24) is 19.4 Å². The second kappa shape index (κ2) is 12.9. The van der Waals surface area contributed by atoms with Gasteiger partial charge in [0.25, 0.3) is 17.4 Å². The van der Waals surface area contributed by atoms with Crippen molar-refractivity contribution in [3.05, 3.63) is 122 Å². The molecule has 1 amide bonds. The smallest absolute Gasteiger partial charge is 0.335 e. The van der Waals surface area contributed by atoms with Crippen LogP contribution in [-0.4, -0.2) is 45.2 Å². The van der Waals surface area contributed by atoms with Gasteiger partial charge in [0, 0.05) is 68.4 Å². The molecule has 0 radical (unpaired) electrons. The summed E-state index contributed by atoms with van der Waals surface area (Å²) in [5.41, 5.74) is -1.17. The average molecular weight is 639 g/mol. The zero-order valence-electron chi connectivity index (χ0n) is 24.8. The van der Waals surface area contributed by atoms with Crippen molar-refractivity contribution in [2.24, 2.45) is 0 Å². The highest BCUT2D eigenvalue weighted by molar-refractivity contribution is 6.03. The molecular formula is C32H30F4N6O4. The summed E-state index contributed by atoms with van der Waals surface area (Å²) >= 11 is 0. The van der Waals surface area contributed by atoms with Gasteiger partial charge >= 0.3 is 5.69 Å². The number of piperidine rings is 1. The Bertz CT molecular complexity index is 1880. The summed E-state index contributed by atoms with van der Waals surface area (Å²) in [5, 5.41) is 12.8. The number of nitrogens with one attached hydrogen (secondary N) is 3. The van der Waals surface area contributed by atoms with E-state index in [-0.39, 0.29) is 48.8 Å². The predicted octanol–water partition coefficient (Wildman–Crippen LogP) is 5.08. The van der Waals surface area contributed by atoms with Crippen LogP contribution in [0.15, 0.2) is 93.8 Å². The molecule has 0 bridgehead atoms. The molecule has 3 heterocycles. The summed E-state index contributed by atoms with van der Waals surface area (Å²) in [6, 6.07) is 7.76. The van der Waals surface area contributed by atoms with E-state index in [2.05, 4.69) is 10.6 Å². The van der Waals surface area contributed by atoms with E-state index < -0.39 is 46.3 Å². The molecule has 5 rings (SSSR count). The Morgan fingerprint density at radius 1 is 1.09 bits per heavy atom. The third kappa shape index (κ3) is 6.80. The van der Waals surface area contributed by atoms with Gasteiger partial charge in [0.15, 0.2) is 17.3 Å². The van der Waals surface area contributed by atoms with Crippen molar-refractivity contribution in [1.29, 1.82) is 5.41 Å². The number of allylic oxidation sites excluding steroid dienone is 2. The van der Waals surface area contributed by atoms with Crippen molar-refractivity contribution in [3.8, 4) is 11.4 Å². The summed E-state index contributed by atoms with van der Waals surface area (Å²) < 4.78 is 63.9. The standard InChI is InChI=1S/C32H30F4N6O4/c1-19(2)41-18-24(30(44)42(31(41)45)22-6-3-20(33)4-7-22)29(43)39-21-5-8-27(25(34)15-21)46-28-16-23(17-38-26(28)9-12-37)40-13-10-32(35,36)11-14-40/h3-9,12,15-19,37-38H,10-11,13-14H2,1-2H3,(H,39,43)/b26-9-,37-12?. The summed E-state index contributed by atoms with van der Waals surface area (Å²) in [6.45, 7) is 3.58. The van der Waals surface area contributed by atoms with E-state index in [4.69, 9.17) is 10.1 Å². The quantitative estimate of drug-likeness (QED) is 0.234. The van der Waals surface area contributed by atoms with Gasteiger partial charge in [0.05, 0.1) is 17.1 Å². The third-order valence-electron chi connectivity index (χ3n) is 7.44. The molecule has 2 aromatic carbocycles. The van der Waals surface area contributed by atoms with E-state index in [9.17, 15) is 27.6 Å². The normalized spacial score (nSPS) is 16.8. The maximum atomic E-state index is 15.3. The molecule has 2 aliphatic rings. The molecular weight excluding hydrogens is 608 g/mol. The third-order valence-corrected chi connectivity index (χ3v) is 7.44. The zero-order valence-corrected chi connectivity index (χ0v) is 24.8. The molecule has 14 heteroatoms. The highest BCUT2D eigenvalue weighted by Gasteiger charge is 2.35. The van der Waals surface area contributed by atoms with Crippen LogP contribution in [0.2, 0.25) is 0 Å². The summed E-state index contributed by atoms with van der Waals surface area (Å²) in [7, 11) is 0. The number of ether oxygens (including phenoxy) is 1. The fraction of sp³-hybridized carbons (Fsp3) is 0.250. The number of alkyl halides is 2. The van der Waals surface area contributed by atoms with Crippen LogP contribution in [0, 0.1) is 17.0 Å². The Morgan fingerprint density at radius 3 is 2.41 bits per heavy atom. The molecule has 2 aliphatic heterocycles. The topological polar surface area (TPSA) is 121 Å². The molecule has 0 saturated carbocycles. The first-order valence-corrected chi connectivity index (χ1v) is 14.3. The molecule has 0 unspecified atom stereocenters. The Labute approximate surface area is 260 Å². The average Bonchev–Trinajstić information content (AvgIpc) is 3.00. The largest absolute Gasteiger partial charge is 0.452 e. The van der Waals surface area contributed by atoms with E-state index in [1.807, 2.05) is 0 Å². The maximum Gasteiger partial charge on any atom is 0.335 e. The summed E-state index contributed by atoms with van der Waals surface area (Å²) in [5.74, 6) is -5.21. The van der Waals surface area contributed by atoms with Crippen LogP contribution in [0.25, 0.3) is 5.69 Å². The molecule has 10 nitrogen and oxygen atoms in total. The van der Waals surface area contributed by atoms with Gasteiger partial charge in [-0.2, -0.15) is 0 Å². The van der Waals surface area contributed by atoms with E-state index in [1.165, 1.54) is 34.9 Å². The number of aromatic nitrogens is 2. The fourth-order valence-electron chi connectivity index (χ4n) is 4.94. The van der Waals surface area contributed by atoms with Gasteiger partial charge < -0.3 is 25.7 Å². The number of benzene rings is 2. The van der Waals surface area contributed by atoms with Crippen LogP contribution in [0.3, 0.4) is 0 Å². The molecule has 1 saturated heterocycles. The number of nitrogens with zero attached hydrogens (tertiary/aromatic N) is 3. The first kappa shape index (κ1) is 32.0. The molecule has 0 spiro atoms. The number of carbonyl (C=O) groups excluding carboxylic acids is 1. The number of dihydropyridines is 1. The number of hydrogen-bond donors (Lipinski definition) is 3. The molecule has 240 valence electrons. The molecule has 3 N–H and O–H groups in total. The number of amides is 1. The predicted molar refractivity (Wildman–Crippen MR) is 164 cm³/mol. The van der Waals surface area contributed by atoms with E-state index in [0.29, 0.717) is 11.4 Å². The summed E-state index contributed by atoms with van der Waals surface area (Å²) in [4.78, 5) is 41.4. The SMILES string of the molecule is CC(C)n1cc(C(=O)Nc2ccc(OC3=CC(N4CCC(F)(F)CC4)=CN/C3=C\C=N)c(F)c2)c(=O)n(-c2ccc(F)cc2)c1=O. The zero-order chi connectivity index (χ0) is 33.2. The van der Waals surface area contributed by atoms with Crippen LogP contribution in [-0.2, 0) is 0 Å². The Hall–Kier alpha value is -5.40. The van der Waals surface area contributed by atoms with Gasteiger partial charge in [-0.15, -0.1) is 0 Å². The minimum Gasteiger partial charge on any atom is -0.452 e. The monoisotopic (exact) mass is 638 g/mol. The van der Waals surface area contributed by atoms with Crippen molar-refractivity contribution in [2.45, 2.75) is 38.7 Å². The van der Waals surface area contributed by atoms with Crippen molar-refractivity contribution in [2.75, 3.05) is 18.4 Å². The molecule has 1 aromatic heterocycles. The van der Waals surface area contributed by atoms with Gasteiger partial charge in [0.1, 0.15) is 11.4 Å². The van der Waals surface area contributed by atoms with Gasteiger partial charge in [-0.05, 0) is 56.3 Å². The summed E-state index contributed by atoms with van der Waals surface area (Å²) in [6.07, 6.45) is 6.03. The van der Waals surface area contributed by atoms with E-state index in [1.54, 1.807) is 31.0 Å². The van der Waals surface area contributed by atoms with Crippen molar-refractivity contribution < 1.29 is 27.1 Å². The number of likely N-dealkylation sites (tertiary alicyclic amines) is 1. The fourth-order valence-corrected chi connectivity index (χ4v) is 4.94. The lowest BCUT2D eigenvalue weighted by Crippen LogP contribution is -2.42. The maximum absolute atomic E-state index is 15.3. The lowest BCUT2D eigenvalue weighted by atomic mass is 10.1. The lowest BCUT2D eigenvalue weighted by molar-refractivity contribution is -0.0484. The van der Waals surface area contributed by atoms with Gasteiger partial charge in [0.2, 0.25) is 0 Å². The first-order chi connectivity index (χ1) is 21.9. The number of anilines is 1. The van der Waals surface area contributed by atoms with E-state index in [0.717, 1.165) is 35.2 Å². The molecule has 0 atom stereocenters. The number of hydrogen-bond acceptors (Lipinski definition) is 7. The second-order valence-electron chi connectivity index (χ2n) is 11.0. The molecule has 0 aliphatic carbocycles. The van der Waals surface area contributed by atoms with Gasteiger partial charge in [-0.3, -0.25) is 14.2 Å². The van der Waals surface area contributed by atoms with Gasteiger partial charge in [-0.1, -0.05) is 0 Å². The van der Waals surface area contributed by atoms with Crippen molar-refractivity contribution >= 4 is 17.8 Å². The lowest BCUT2D eigenvalue weighted by Gasteiger charge is -2.35. The Balaban J connectivity index is 1.39. The number of halogens is 4. The van der Waals surface area contributed by atoms with Crippen LogP contribution in [0.4, 0.5) is 23.2 Å². The van der Waals surface area contributed by atoms with Crippen LogP contribution >= 0.6 is 0 Å². The minimum absolute atomic E-state index is 0.0225. The van der Waals surface area contributed by atoms with Crippen molar-refractivity contribution in [3.63, 3.8) is 0 Å². The van der Waals surface area contributed by atoms with Crippen LogP contribution in [0.1, 0.15) is 43.1 Å². The first-order valence-electron chi connectivity index (χ1n) is 14.3. The number of rotatable bonds is 8. The minimum atomic E-state index is -2.73. The van der Waals surface area contributed by atoms with Crippen LogP contribution in [0.5, 0.6) is 5.75 Å². The number of carbonyl (C=O) groups is 1. The highest BCUT2D eigenvalue weighted by Crippen LogP contribution is 2.32. The molecule has 3 aromatic rings. The van der Waals surface area contributed by atoms with Crippen LogP contribution < -0.4 is 26.6 Å². The molecule has 1 fully saturated rings. The highest BCUT2D eigenvalue weighted by atomic mass is 19.3. The van der Waals surface area contributed by atoms with Gasteiger partial charge in [-0.25, -0.2) is 26.9 Å². The van der Waals surface area contributed by atoms with E-state index >= 15 is 4.39 Å². The molecule has 46 heavy (non-hydrogen) atoms. The second-order valence-corrected chi connectivity index (χ2v) is 11.0. The Morgan fingerprint density at radius 2 is 1.78 bits per heavy atom. The Kier molecular flexibility index (Phi) is 8.98.